The number of carbonyl (C=O) groups is 1. The summed E-state index contributed by atoms with van der Waals surface area (Å²) in [7, 11) is 1.57. The fourth-order valence-corrected chi connectivity index (χ4v) is 3.70. The van der Waals surface area contributed by atoms with E-state index in [9.17, 15) is 14.3 Å². The molecular weight excluding hydrogens is 401 g/mol. The van der Waals surface area contributed by atoms with Gasteiger partial charge in [-0.15, -0.1) is 0 Å². The van der Waals surface area contributed by atoms with Gasteiger partial charge in [0.2, 0.25) is 5.91 Å². The van der Waals surface area contributed by atoms with E-state index in [1.807, 2.05) is 18.2 Å². The van der Waals surface area contributed by atoms with Crippen molar-refractivity contribution in [2.45, 2.75) is 19.1 Å². The number of piperazine rings is 1. The Labute approximate surface area is 182 Å². The van der Waals surface area contributed by atoms with Crippen molar-refractivity contribution in [1.82, 2.24) is 9.80 Å². The van der Waals surface area contributed by atoms with Crippen LogP contribution in [0.5, 0.6) is 11.5 Å². The summed E-state index contributed by atoms with van der Waals surface area (Å²) in [6.07, 6.45) is -0.734. The summed E-state index contributed by atoms with van der Waals surface area (Å²) in [5.74, 6) is 0.229. The average Bonchev–Trinajstić information content (AvgIpc) is 2.75. The number of nitrogens with zero attached hydrogens (tertiary/aromatic N) is 2. The van der Waals surface area contributed by atoms with E-state index in [1.54, 1.807) is 31.4 Å². The van der Waals surface area contributed by atoms with Gasteiger partial charge in [0.1, 0.15) is 18.5 Å². The van der Waals surface area contributed by atoms with Crippen LogP contribution in [-0.2, 0) is 4.79 Å². The molecule has 2 N–H and O–H groups in total. The van der Waals surface area contributed by atoms with Gasteiger partial charge < -0.3 is 19.9 Å². The van der Waals surface area contributed by atoms with E-state index in [2.05, 4.69) is 22.0 Å². The van der Waals surface area contributed by atoms with Crippen LogP contribution in [0.1, 0.15) is 6.92 Å². The number of anilines is 1. The average molecular weight is 432 g/mol. The zero-order chi connectivity index (χ0) is 22.2. The summed E-state index contributed by atoms with van der Waals surface area (Å²) >= 11 is 0. The maximum Gasteiger partial charge on any atom is 0.238 e. The normalized spacial score (nSPS) is 18.4. The highest BCUT2D eigenvalue weighted by Gasteiger charge is 2.26. The molecule has 31 heavy (non-hydrogen) atoms. The van der Waals surface area contributed by atoms with E-state index in [-0.39, 0.29) is 30.9 Å². The molecule has 1 aliphatic rings. The number of halogens is 1. The first-order valence-corrected chi connectivity index (χ1v) is 10.4. The van der Waals surface area contributed by atoms with E-state index in [0.717, 1.165) is 6.54 Å². The van der Waals surface area contributed by atoms with Gasteiger partial charge in [0.15, 0.2) is 11.6 Å². The van der Waals surface area contributed by atoms with Gasteiger partial charge in [0.05, 0.1) is 19.3 Å². The number of rotatable bonds is 9. The van der Waals surface area contributed by atoms with Crippen LogP contribution in [0.25, 0.3) is 0 Å². The lowest BCUT2D eigenvalue weighted by atomic mass is 10.1. The first-order chi connectivity index (χ1) is 15.0. The van der Waals surface area contributed by atoms with E-state index in [1.165, 1.54) is 6.07 Å². The van der Waals surface area contributed by atoms with Crippen molar-refractivity contribution in [1.29, 1.82) is 0 Å². The fourth-order valence-electron chi connectivity index (χ4n) is 3.70. The predicted octanol–water partition coefficient (Wildman–Crippen LogP) is 2.22. The Hall–Kier alpha value is -2.68. The molecule has 0 aromatic heterocycles. The lowest BCUT2D eigenvalue weighted by Crippen LogP contribution is -2.55. The van der Waals surface area contributed by atoms with Crippen LogP contribution >= 0.6 is 0 Å². The monoisotopic (exact) mass is 431 g/mol. The minimum atomic E-state index is -0.734. The SMILES string of the molecule is COc1ccccc1NC(=O)CN1CCN(C[C@@H](O)COc2ccccc2F)[C@@H](C)C1. The number of nitrogens with one attached hydrogen (secondary N) is 1. The van der Waals surface area contributed by atoms with Crippen molar-refractivity contribution in [3.05, 3.63) is 54.3 Å². The third kappa shape index (κ3) is 6.65. The lowest BCUT2D eigenvalue weighted by molar-refractivity contribution is -0.118. The zero-order valence-electron chi connectivity index (χ0n) is 18.0. The van der Waals surface area contributed by atoms with Gasteiger partial charge >= 0.3 is 0 Å². The maximum absolute atomic E-state index is 13.6. The van der Waals surface area contributed by atoms with Gasteiger partial charge in [-0.25, -0.2) is 4.39 Å². The molecule has 1 aliphatic heterocycles. The molecule has 2 aromatic carbocycles. The van der Waals surface area contributed by atoms with Gasteiger partial charge in [0, 0.05) is 32.2 Å². The molecule has 168 valence electrons. The molecule has 8 heteroatoms. The second-order valence-corrected chi connectivity index (χ2v) is 7.72. The van der Waals surface area contributed by atoms with Crippen LogP contribution in [-0.4, -0.2) is 79.4 Å². The Kier molecular flexibility index (Phi) is 8.22. The molecule has 2 atom stereocenters. The van der Waals surface area contributed by atoms with Crippen molar-refractivity contribution in [3.63, 3.8) is 0 Å². The maximum atomic E-state index is 13.6. The van der Waals surface area contributed by atoms with Gasteiger partial charge in [-0.1, -0.05) is 24.3 Å². The highest BCUT2D eigenvalue weighted by Crippen LogP contribution is 2.23. The van der Waals surface area contributed by atoms with Crippen LogP contribution in [0.15, 0.2) is 48.5 Å². The van der Waals surface area contributed by atoms with Crippen molar-refractivity contribution in [2.75, 3.05) is 51.8 Å². The Morgan fingerprint density at radius 2 is 1.90 bits per heavy atom. The number of aliphatic hydroxyl groups is 1. The Bertz CT molecular complexity index is 866. The van der Waals surface area contributed by atoms with Crippen molar-refractivity contribution in [3.8, 4) is 11.5 Å². The molecule has 0 spiro atoms. The number of amides is 1. The first kappa shape index (κ1) is 23.0. The number of ether oxygens (including phenoxy) is 2. The summed E-state index contributed by atoms with van der Waals surface area (Å²) in [6.45, 7) is 4.95. The van der Waals surface area contributed by atoms with Crippen LogP contribution in [0, 0.1) is 5.82 Å². The highest BCUT2D eigenvalue weighted by atomic mass is 19.1. The summed E-state index contributed by atoms with van der Waals surface area (Å²) in [6, 6.07) is 13.6. The summed E-state index contributed by atoms with van der Waals surface area (Å²) in [5, 5.41) is 13.2. The smallest absolute Gasteiger partial charge is 0.238 e. The number of β-amino-alcohol motifs (C(OH)–C–C–N with tert-alkyl or cyclic N) is 1. The molecule has 0 radical (unpaired) electrons. The molecule has 1 fully saturated rings. The van der Waals surface area contributed by atoms with Gasteiger partial charge in [0.25, 0.3) is 0 Å². The molecule has 0 unspecified atom stereocenters. The number of benzene rings is 2. The molecule has 2 aromatic rings. The van der Waals surface area contributed by atoms with Crippen LogP contribution < -0.4 is 14.8 Å². The molecule has 0 aliphatic carbocycles. The molecule has 0 saturated carbocycles. The number of methoxy groups -OCH3 is 1. The molecule has 3 rings (SSSR count). The lowest BCUT2D eigenvalue weighted by Gasteiger charge is -2.40. The predicted molar refractivity (Wildman–Crippen MR) is 117 cm³/mol. The quantitative estimate of drug-likeness (QED) is 0.634. The van der Waals surface area contributed by atoms with Gasteiger partial charge in [-0.2, -0.15) is 0 Å². The molecule has 1 heterocycles. The molecule has 1 saturated heterocycles. The number of para-hydroxylation sites is 3. The second-order valence-electron chi connectivity index (χ2n) is 7.72. The summed E-state index contributed by atoms with van der Waals surface area (Å²) in [4.78, 5) is 16.7. The minimum absolute atomic E-state index is 0.0230. The van der Waals surface area contributed by atoms with Crippen LogP contribution in [0.2, 0.25) is 0 Å². The van der Waals surface area contributed by atoms with E-state index in [4.69, 9.17) is 9.47 Å². The highest BCUT2D eigenvalue weighted by molar-refractivity contribution is 5.93. The van der Waals surface area contributed by atoms with Crippen molar-refractivity contribution < 1.29 is 23.8 Å². The molecule has 7 nitrogen and oxygen atoms in total. The Morgan fingerprint density at radius 1 is 1.19 bits per heavy atom. The third-order valence-electron chi connectivity index (χ3n) is 5.31. The Morgan fingerprint density at radius 3 is 2.61 bits per heavy atom. The summed E-state index contributed by atoms with van der Waals surface area (Å²) in [5.41, 5.74) is 0.652. The zero-order valence-corrected chi connectivity index (χ0v) is 18.0. The number of carbonyl (C=O) groups excluding carboxylic acids is 1. The van der Waals surface area contributed by atoms with E-state index in [0.29, 0.717) is 31.1 Å². The van der Waals surface area contributed by atoms with Crippen molar-refractivity contribution in [2.24, 2.45) is 0 Å². The number of aliphatic hydroxyl groups excluding tert-OH is 1. The topological polar surface area (TPSA) is 74.3 Å². The van der Waals surface area contributed by atoms with Gasteiger partial charge in [-0.05, 0) is 31.2 Å². The second kappa shape index (κ2) is 11.1. The van der Waals surface area contributed by atoms with Crippen LogP contribution in [0.4, 0.5) is 10.1 Å². The standard InChI is InChI=1S/C23H30FN3O4/c1-17-13-26(15-23(29)25-20-8-4-6-10-22(20)30-2)11-12-27(17)14-18(28)16-31-21-9-5-3-7-19(21)24/h3-10,17-18,28H,11-16H2,1-2H3,(H,25,29)/t17-,18+/m0/s1. The fraction of sp³-hybridized carbons (Fsp3) is 0.435. The minimum Gasteiger partial charge on any atom is -0.495 e. The summed E-state index contributed by atoms with van der Waals surface area (Å²) < 4.78 is 24.3. The number of hydrogen-bond acceptors (Lipinski definition) is 6. The molecule has 1 amide bonds. The first-order valence-electron chi connectivity index (χ1n) is 10.4. The van der Waals surface area contributed by atoms with E-state index < -0.39 is 11.9 Å². The Balaban J connectivity index is 1.42. The largest absolute Gasteiger partial charge is 0.495 e. The van der Waals surface area contributed by atoms with Gasteiger partial charge in [-0.3, -0.25) is 14.6 Å². The van der Waals surface area contributed by atoms with Crippen LogP contribution in [0.3, 0.4) is 0 Å². The van der Waals surface area contributed by atoms with E-state index >= 15 is 0 Å². The molecular formula is C23H30FN3O4. The number of hydrogen-bond donors (Lipinski definition) is 2. The molecule has 0 bridgehead atoms. The van der Waals surface area contributed by atoms with Crippen molar-refractivity contribution >= 4 is 11.6 Å². The third-order valence-corrected chi connectivity index (χ3v) is 5.31.